The summed E-state index contributed by atoms with van der Waals surface area (Å²) in [5, 5.41) is 16.5. The summed E-state index contributed by atoms with van der Waals surface area (Å²) in [4.78, 5) is 36.7. The summed E-state index contributed by atoms with van der Waals surface area (Å²) in [6, 6.07) is 11.6. The van der Waals surface area contributed by atoms with E-state index < -0.39 is 0 Å². The summed E-state index contributed by atoms with van der Waals surface area (Å²) in [5.41, 5.74) is 6.84. The molecule has 0 spiro atoms. The third-order valence-electron chi connectivity index (χ3n) is 8.48. The first-order valence-corrected chi connectivity index (χ1v) is 14.8. The van der Waals surface area contributed by atoms with Gasteiger partial charge in [-0.2, -0.15) is 5.26 Å². The molecular weight excluding hydrogens is 550 g/mol. The van der Waals surface area contributed by atoms with E-state index in [1.807, 2.05) is 30.2 Å². The number of pyridine rings is 2. The fraction of sp³-hybridized carbons (Fsp3) is 0.344. The number of anilines is 3. The van der Waals surface area contributed by atoms with Crippen molar-refractivity contribution in [1.82, 2.24) is 14.4 Å². The van der Waals surface area contributed by atoms with E-state index >= 15 is 0 Å². The highest BCUT2D eigenvalue weighted by Gasteiger charge is 2.45. The zero-order valence-corrected chi connectivity index (χ0v) is 24.0. The number of imidazole rings is 1. The molecule has 42 heavy (non-hydrogen) atoms. The number of fused-ring (bicyclic) bond motifs is 1. The van der Waals surface area contributed by atoms with Crippen molar-refractivity contribution in [3.05, 3.63) is 81.9 Å². The molecule has 9 nitrogen and oxygen atoms in total. The summed E-state index contributed by atoms with van der Waals surface area (Å²) in [6.45, 7) is 3.07. The van der Waals surface area contributed by atoms with E-state index in [9.17, 15) is 14.9 Å². The lowest BCUT2D eigenvalue weighted by Gasteiger charge is -2.17. The third-order valence-corrected chi connectivity index (χ3v) is 8.89. The number of aryl methyl sites for hydroxylation is 1. The van der Waals surface area contributed by atoms with Crippen molar-refractivity contribution in [2.45, 2.75) is 57.4 Å². The van der Waals surface area contributed by atoms with Crippen molar-refractivity contribution in [2.75, 3.05) is 22.1 Å². The summed E-state index contributed by atoms with van der Waals surface area (Å²) >= 11 is 6.30. The quantitative estimate of drug-likeness (QED) is 0.268. The maximum atomic E-state index is 13.0. The van der Waals surface area contributed by atoms with E-state index in [1.165, 1.54) is 18.4 Å². The molecule has 2 atom stereocenters. The van der Waals surface area contributed by atoms with Crippen LogP contribution in [0.1, 0.15) is 71.9 Å². The molecule has 2 N–H and O–H groups in total. The Morgan fingerprint density at radius 2 is 2.07 bits per heavy atom. The number of rotatable bonds is 8. The van der Waals surface area contributed by atoms with E-state index in [4.69, 9.17) is 16.6 Å². The van der Waals surface area contributed by atoms with Crippen molar-refractivity contribution in [3.63, 3.8) is 0 Å². The van der Waals surface area contributed by atoms with Crippen LogP contribution in [0.4, 0.5) is 17.2 Å². The maximum absolute atomic E-state index is 13.0. The highest BCUT2D eigenvalue weighted by atomic mass is 35.5. The van der Waals surface area contributed by atoms with Crippen LogP contribution in [0.3, 0.4) is 0 Å². The average molecular weight is 580 g/mol. The van der Waals surface area contributed by atoms with Gasteiger partial charge in [0.25, 0.3) is 0 Å². The largest absolute Gasteiger partial charge is 0.379 e. The summed E-state index contributed by atoms with van der Waals surface area (Å²) < 4.78 is 2.05. The molecular formula is C32H30ClN7O2. The Kier molecular flexibility index (Phi) is 6.59. The Hall–Kier alpha value is -4.42. The molecule has 1 saturated heterocycles. The lowest BCUT2D eigenvalue weighted by atomic mass is 10.00. The number of nitriles is 1. The van der Waals surface area contributed by atoms with Gasteiger partial charge in [0.05, 0.1) is 29.6 Å². The average Bonchev–Trinajstić information content (AvgIpc) is 3.90. The van der Waals surface area contributed by atoms with Crippen molar-refractivity contribution in [3.8, 4) is 6.07 Å². The monoisotopic (exact) mass is 579 g/mol. The standard InChI is InChI=1S/C32H30ClN7O2/c1-18-9-20(14-34)24(13-27(18)33)25-12-26(25)32(42)38-29-11-22(6-7-35-29)36-15-23-17-39-16-21(19-4-5-19)10-28(31(39)37-23)40-8-2-3-30(40)41/h6-7,9-11,13,16-17,19,25-26H,2-5,8,12,15H2,1H3,(H2,35,36,38,42)/t25-,26+/m1/s1. The highest BCUT2D eigenvalue weighted by Crippen LogP contribution is 2.50. The SMILES string of the molecule is Cc1cc(C#N)c([C@H]2C[C@@H]2C(=O)Nc2cc(NCc3cn4cc(C5CC5)cc(N5CCCC5=O)c4n3)ccn2)cc1Cl. The molecule has 3 aliphatic rings. The fourth-order valence-corrected chi connectivity index (χ4v) is 6.10. The first-order valence-electron chi connectivity index (χ1n) is 14.4. The van der Waals surface area contributed by atoms with Gasteiger partial charge in [0.2, 0.25) is 11.8 Å². The summed E-state index contributed by atoms with van der Waals surface area (Å²) in [5.74, 6) is 0.789. The second kappa shape index (κ2) is 10.4. The van der Waals surface area contributed by atoms with Crippen LogP contribution in [0.15, 0.2) is 48.9 Å². The van der Waals surface area contributed by atoms with Gasteiger partial charge in [-0.05, 0) is 85.4 Å². The number of hydrogen-bond acceptors (Lipinski definition) is 6. The predicted octanol–water partition coefficient (Wildman–Crippen LogP) is 5.92. The molecule has 0 bridgehead atoms. The first kappa shape index (κ1) is 26.5. The Balaban J connectivity index is 1.03. The Labute approximate surface area is 248 Å². The lowest BCUT2D eigenvalue weighted by Crippen LogP contribution is -2.24. The number of benzene rings is 1. The van der Waals surface area contributed by atoms with Gasteiger partial charge in [-0.15, -0.1) is 0 Å². The van der Waals surface area contributed by atoms with E-state index in [-0.39, 0.29) is 23.7 Å². The topological polar surface area (TPSA) is 115 Å². The lowest BCUT2D eigenvalue weighted by molar-refractivity contribution is -0.118. The molecule has 7 rings (SSSR count). The number of amides is 2. The number of hydrogen-bond donors (Lipinski definition) is 2. The Morgan fingerprint density at radius 1 is 1.21 bits per heavy atom. The van der Waals surface area contributed by atoms with Gasteiger partial charge < -0.3 is 19.9 Å². The second-order valence-electron chi connectivity index (χ2n) is 11.6. The van der Waals surface area contributed by atoms with Crippen LogP contribution in [0.2, 0.25) is 5.02 Å². The minimum absolute atomic E-state index is 0.0321. The predicted molar refractivity (Wildman–Crippen MR) is 161 cm³/mol. The molecule has 2 aliphatic carbocycles. The van der Waals surface area contributed by atoms with Crippen molar-refractivity contribution < 1.29 is 9.59 Å². The molecule has 3 fully saturated rings. The van der Waals surface area contributed by atoms with Crippen LogP contribution < -0.4 is 15.5 Å². The molecule has 0 radical (unpaired) electrons. The maximum Gasteiger partial charge on any atom is 0.229 e. The highest BCUT2D eigenvalue weighted by molar-refractivity contribution is 6.31. The minimum Gasteiger partial charge on any atom is -0.379 e. The number of aromatic nitrogens is 3. The Bertz CT molecular complexity index is 1790. The Morgan fingerprint density at radius 3 is 2.83 bits per heavy atom. The van der Waals surface area contributed by atoms with Gasteiger partial charge in [-0.3, -0.25) is 9.59 Å². The van der Waals surface area contributed by atoms with Gasteiger partial charge in [-0.25, -0.2) is 9.97 Å². The van der Waals surface area contributed by atoms with Gasteiger partial charge in [0, 0.05) is 54.3 Å². The smallest absolute Gasteiger partial charge is 0.229 e. The van der Waals surface area contributed by atoms with Crippen molar-refractivity contribution in [1.29, 1.82) is 5.26 Å². The normalized spacial score (nSPS) is 19.6. The van der Waals surface area contributed by atoms with Gasteiger partial charge in [-0.1, -0.05) is 11.6 Å². The molecule has 1 aromatic carbocycles. The molecule has 4 aromatic rings. The van der Waals surface area contributed by atoms with Crippen molar-refractivity contribution in [2.24, 2.45) is 5.92 Å². The molecule has 3 aromatic heterocycles. The molecule has 2 saturated carbocycles. The third kappa shape index (κ3) is 5.07. The number of nitrogens with zero attached hydrogens (tertiary/aromatic N) is 5. The van der Waals surface area contributed by atoms with E-state index in [2.05, 4.69) is 38.4 Å². The second-order valence-corrected chi connectivity index (χ2v) is 12.0. The number of halogens is 1. The summed E-state index contributed by atoms with van der Waals surface area (Å²) in [6.07, 6.45) is 10.3. The summed E-state index contributed by atoms with van der Waals surface area (Å²) in [7, 11) is 0. The molecule has 10 heteroatoms. The van der Waals surface area contributed by atoms with Crippen LogP contribution in [0.5, 0.6) is 0 Å². The zero-order chi connectivity index (χ0) is 29.0. The van der Waals surface area contributed by atoms with E-state index in [1.54, 1.807) is 18.3 Å². The van der Waals surface area contributed by atoms with Gasteiger partial charge >= 0.3 is 0 Å². The zero-order valence-electron chi connectivity index (χ0n) is 23.2. The molecule has 4 heterocycles. The molecule has 0 unspecified atom stereocenters. The number of nitrogens with one attached hydrogen (secondary N) is 2. The van der Waals surface area contributed by atoms with Crippen LogP contribution in [-0.2, 0) is 16.1 Å². The van der Waals surface area contributed by atoms with E-state index in [0.29, 0.717) is 41.7 Å². The fourth-order valence-electron chi connectivity index (χ4n) is 5.93. The molecule has 212 valence electrons. The molecule has 2 amide bonds. The van der Waals surface area contributed by atoms with Crippen LogP contribution in [0, 0.1) is 24.2 Å². The minimum atomic E-state index is -0.232. The van der Waals surface area contributed by atoms with E-state index in [0.717, 1.165) is 46.8 Å². The first-order chi connectivity index (χ1) is 20.4. The van der Waals surface area contributed by atoms with Crippen molar-refractivity contribution >= 4 is 46.3 Å². The van der Waals surface area contributed by atoms with Crippen LogP contribution in [-0.4, -0.2) is 32.7 Å². The van der Waals surface area contributed by atoms with Crippen LogP contribution >= 0.6 is 11.6 Å². The van der Waals surface area contributed by atoms with Gasteiger partial charge in [0.15, 0.2) is 5.65 Å². The van der Waals surface area contributed by atoms with Crippen LogP contribution in [0.25, 0.3) is 5.65 Å². The van der Waals surface area contributed by atoms with Gasteiger partial charge in [0.1, 0.15) is 5.82 Å². The number of carbonyl (C=O) groups is 2. The molecule has 1 aliphatic heterocycles. The number of carbonyl (C=O) groups excluding carboxylic acids is 2.